The molecule has 0 N–H and O–H groups in total. The summed E-state index contributed by atoms with van der Waals surface area (Å²) in [6, 6.07) is 8.21. The van der Waals surface area contributed by atoms with Crippen LogP contribution in [0, 0.1) is 0 Å². The van der Waals surface area contributed by atoms with Crippen molar-refractivity contribution >= 4 is 60.5 Å². The number of methoxy groups -OCH3 is 1. The summed E-state index contributed by atoms with van der Waals surface area (Å²) in [5.74, 6) is -0.500. The highest BCUT2D eigenvalue weighted by Crippen LogP contribution is 2.23. The van der Waals surface area contributed by atoms with Gasteiger partial charge < -0.3 is 9.30 Å². The number of nitrogens with zero attached hydrogens (tertiary/aromatic N) is 2. The van der Waals surface area contributed by atoms with E-state index in [-0.39, 0.29) is 15.6 Å². The summed E-state index contributed by atoms with van der Waals surface area (Å²) in [7, 11) is -2.57. The Hall–Kier alpha value is -1.68. The minimum atomic E-state index is -3.84. The van der Waals surface area contributed by atoms with Gasteiger partial charge in [0.25, 0.3) is 10.0 Å². The van der Waals surface area contributed by atoms with Gasteiger partial charge in [-0.25, -0.2) is 0 Å². The van der Waals surface area contributed by atoms with E-state index in [1.54, 1.807) is 29.6 Å². The molecule has 0 fully saturated rings. The van der Waals surface area contributed by atoms with Crippen LogP contribution in [-0.2, 0) is 26.1 Å². The number of rotatable bonds is 4. The second-order valence-electron chi connectivity index (χ2n) is 4.66. The highest BCUT2D eigenvalue weighted by atomic mass is 35.5. The van der Waals surface area contributed by atoms with Gasteiger partial charge in [-0.1, -0.05) is 29.0 Å². The fourth-order valence-corrected chi connectivity index (χ4v) is 5.50. The van der Waals surface area contributed by atoms with Gasteiger partial charge in [0.2, 0.25) is 4.80 Å². The normalized spacial score (nSPS) is 12.7. The number of fused-ring (bicyclic) bond motifs is 1. The first-order valence-corrected chi connectivity index (χ1v) is 10.1. The van der Waals surface area contributed by atoms with E-state index in [0.717, 1.165) is 27.4 Å². The van der Waals surface area contributed by atoms with Crippen LogP contribution in [0.2, 0.25) is 5.02 Å². The van der Waals surface area contributed by atoms with Gasteiger partial charge in [-0.15, -0.1) is 15.7 Å². The van der Waals surface area contributed by atoms with E-state index in [9.17, 15) is 13.2 Å². The molecule has 1 aromatic carbocycles. The van der Waals surface area contributed by atoms with E-state index in [1.165, 1.54) is 17.7 Å². The van der Waals surface area contributed by atoms with E-state index in [4.69, 9.17) is 11.6 Å². The summed E-state index contributed by atoms with van der Waals surface area (Å²) < 4.78 is 35.8. The number of aromatic nitrogens is 1. The average Bonchev–Trinajstić information content (AvgIpc) is 3.16. The molecule has 2 aromatic heterocycles. The third-order valence-corrected chi connectivity index (χ3v) is 7.14. The molecular formula is C14H11ClN2O4S3. The van der Waals surface area contributed by atoms with Crippen molar-refractivity contribution in [2.75, 3.05) is 7.11 Å². The molecule has 2 heterocycles. The van der Waals surface area contributed by atoms with Crippen molar-refractivity contribution in [2.24, 2.45) is 4.40 Å². The fraction of sp³-hybridized carbons (Fsp3) is 0.143. The monoisotopic (exact) mass is 402 g/mol. The highest BCUT2D eigenvalue weighted by molar-refractivity contribution is 7.92. The van der Waals surface area contributed by atoms with Crippen LogP contribution in [0.15, 0.2) is 44.3 Å². The largest absolute Gasteiger partial charge is 0.468 e. The lowest BCUT2D eigenvalue weighted by molar-refractivity contribution is -0.141. The van der Waals surface area contributed by atoms with Crippen molar-refractivity contribution in [2.45, 2.75) is 10.8 Å². The molecule has 3 aromatic rings. The van der Waals surface area contributed by atoms with Crippen molar-refractivity contribution in [1.29, 1.82) is 0 Å². The maximum Gasteiger partial charge on any atom is 0.325 e. The van der Waals surface area contributed by atoms with Gasteiger partial charge in [-0.3, -0.25) is 4.79 Å². The molecule has 0 atom stereocenters. The van der Waals surface area contributed by atoms with Crippen molar-refractivity contribution in [3.8, 4) is 0 Å². The van der Waals surface area contributed by atoms with E-state index >= 15 is 0 Å². The van der Waals surface area contributed by atoms with Crippen molar-refractivity contribution in [1.82, 2.24) is 4.57 Å². The third-order valence-electron chi connectivity index (χ3n) is 3.11. The molecule has 10 heteroatoms. The zero-order chi connectivity index (χ0) is 17.3. The summed E-state index contributed by atoms with van der Waals surface area (Å²) in [4.78, 5) is 11.9. The Labute approximate surface area is 150 Å². The Balaban J connectivity index is 2.24. The Morgan fingerprint density at radius 3 is 2.83 bits per heavy atom. The number of benzene rings is 1. The van der Waals surface area contributed by atoms with E-state index in [1.807, 2.05) is 0 Å². The molecule has 0 bridgehead atoms. The van der Waals surface area contributed by atoms with Crippen LogP contribution in [0.1, 0.15) is 0 Å². The fourth-order valence-electron chi connectivity index (χ4n) is 2.02. The summed E-state index contributed by atoms with van der Waals surface area (Å²) in [5, 5.41) is 2.18. The van der Waals surface area contributed by atoms with Gasteiger partial charge in [0.1, 0.15) is 10.8 Å². The first-order valence-electron chi connectivity index (χ1n) is 6.61. The van der Waals surface area contributed by atoms with Crippen LogP contribution >= 0.6 is 34.3 Å². The van der Waals surface area contributed by atoms with E-state index in [2.05, 4.69) is 9.13 Å². The lowest BCUT2D eigenvalue weighted by Crippen LogP contribution is -2.22. The molecule has 0 saturated carbocycles. The van der Waals surface area contributed by atoms with Crippen LogP contribution in [0.4, 0.5) is 0 Å². The zero-order valence-corrected chi connectivity index (χ0v) is 15.5. The van der Waals surface area contributed by atoms with Crippen LogP contribution in [0.3, 0.4) is 0 Å². The van der Waals surface area contributed by atoms with Crippen LogP contribution in [0.5, 0.6) is 0 Å². The maximum absolute atomic E-state index is 12.4. The lowest BCUT2D eigenvalue weighted by atomic mass is 10.3. The average molecular weight is 403 g/mol. The van der Waals surface area contributed by atoms with E-state index < -0.39 is 16.0 Å². The Kier molecular flexibility index (Phi) is 4.77. The summed E-state index contributed by atoms with van der Waals surface area (Å²) >= 11 is 8.21. The quantitative estimate of drug-likeness (QED) is 0.628. The topological polar surface area (TPSA) is 77.7 Å². The number of carbonyl (C=O) groups is 1. The lowest BCUT2D eigenvalue weighted by Gasteiger charge is -2.03. The van der Waals surface area contributed by atoms with Crippen LogP contribution in [0.25, 0.3) is 10.2 Å². The number of thiazole rings is 1. The van der Waals surface area contributed by atoms with Gasteiger partial charge in [0, 0.05) is 5.02 Å². The number of hydrogen-bond donors (Lipinski definition) is 0. The number of carbonyl (C=O) groups excluding carboxylic acids is 1. The van der Waals surface area contributed by atoms with Crippen molar-refractivity contribution < 1.29 is 17.9 Å². The number of esters is 1. The number of thiophene rings is 1. The molecule has 0 aliphatic carbocycles. The highest BCUT2D eigenvalue weighted by Gasteiger charge is 2.17. The molecule has 0 unspecified atom stereocenters. The van der Waals surface area contributed by atoms with Crippen molar-refractivity contribution in [3.05, 3.63) is 45.5 Å². The SMILES string of the molecule is COC(=O)Cn1/c(=N/S(=O)(=O)c2cccs2)sc2cc(Cl)ccc21. The van der Waals surface area contributed by atoms with Crippen LogP contribution < -0.4 is 4.80 Å². The molecule has 0 amide bonds. The first kappa shape index (κ1) is 17.2. The molecular weight excluding hydrogens is 392 g/mol. The third kappa shape index (κ3) is 3.39. The molecule has 24 heavy (non-hydrogen) atoms. The molecule has 0 saturated heterocycles. The minimum absolute atomic E-state index is 0.141. The number of halogens is 1. The number of ether oxygens (including phenoxy) is 1. The van der Waals surface area contributed by atoms with Crippen molar-refractivity contribution in [3.63, 3.8) is 0 Å². The van der Waals surface area contributed by atoms with E-state index in [0.29, 0.717) is 10.5 Å². The summed E-state index contributed by atoms with van der Waals surface area (Å²) in [6.45, 7) is -0.142. The van der Waals surface area contributed by atoms with Gasteiger partial charge in [0.05, 0.1) is 17.3 Å². The predicted octanol–water partition coefficient (Wildman–Crippen LogP) is 2.88. The van der Waals surface area contributed by atoms with Gasteiger partial charge >= 0.3 is 5.97 Å². The Bertz CT molecular complexity index is 1070. The van der Waals surface area contributed by atoms with Gasteiger partial charge in [-0.05, 0) is 29.6 Å². The minimum Gasteiger partial charge on any atom is -0.468 e. The molecule has 0 spiro atoms. The van der Waals surface area contributed by atoms with Crippen LogP contribution in [-0.4, -0.2) is 26.1 Å². The number of hydrogen-bond acceptors (Lipinski definition) is 6. The second kappa shape index (κ2) is 6.67. The molecule has 0 aliphatic heterocycles. The predicted molar refractivity (Wildman–Crippen MR) is 93.9 cm³/mol. The molecule has 6 nitrogen and oxygen atoms in total. The molecule has 3 rings (SSSR count). The Morgan fingerprint density at radius 2 is 2.17 bits per heavy atom. The summed E-state index contributed by atoms with van der Waals surface area (Å²) in [6.07, 6.45) is 0. The smallest absolute Gasteiger partial charge is 0.325 e. The zero-order valence-electron chi connectivity index (χ0n) is 12.3. The molecule has 0 aliphatic rings. The van der Waals surface area contributed by atoms with Gasteiger partial charge in [0.15, 0.2) is 0 Å². The Morgan fingerprint density at radius 1 is 1.38 bits per heavy atom. The maximum atomic E-state index is 12.4. The summed E-state index contributed by atoms with van der Waals surface area (Å²) in [5.41, 5.74) is 0.662. The second-order valence-corrected chi connectivity index (χ2v) is 8.88. The molecule has 126 valence electrons. The van der Waals surface area contributed by atoms with Gasteiger partial charge in [-0.2, -0.15) is 8.42 Å². The standard InChI is InChI=1S/C14H11ClN2O4S3/c1-21-12(18)8-17-10-5-4-9(15)7-11(10)23-14(17)16-24(19,20)13-3-2-6-22-13/h2-7H,8H2,1H3/b16-14-. The number of sulfonamides is 1. The first-order chi connectivity index (χ1) is 11.4. The molecule has 0 radical (unpaired) electrons.